The summed E-state index contributed by atoms with van der Waals surface area (Å²) in [6.45, 7) is 14.7. The van der Waals surface area contributed by atoms with Gasteiger partial charge >= 0.3 is 0 Å². The van der Waals surface area contributed by atoms with Gasteiger partial charge in [-0.25, -0.2) is 0 Å². The van der Waals surface area contributed by atoms with Crippen LogP contribution in [0.25, 0.3) is 0 Å². The molecule has 0 amide bonds. The molecule has 0 spiro atoms. The summed E-state index contributed by atoms with van der Waals surface area (Å²) in [7, 11) is 0. The molecule has 0 heteroatoms. The summed E-state index contributed by atoms with van der Waals surface area (Å²) < 4.78 is 0. The molecule has 0 aromatic rings. The average Bonchev–Trinajstić information content (AvgIpc) is 2.24. The number of hydrogen-bond donors (Lipinski definition) is 0. The third kappa shape index (κ3) is 2.81. The SMILES string of the molecule is CCC(C)(C)C1(C)CCCC(C)C(C)CC1. The van der Waals surface area contributed by atoms with E-state index in [2.05, 4.69) is 41.5 Å². The summed E-state index contributed by atoms with van der Waals surface area (Å²) in [6, 6.07) is 0. The van der Waals surface area contributed by atoms with E-state index in [1.54, 1.807) is 0 Å². The molecule has 0 radical (unpaired) electrons. The highest BCUT2D eigenvalue weighted by Gasteiger charge is 2.40. The minimum atomic E-state index is 0.507. The number of hydrogen-bond acceptors (Lipinski definition) is 0. The average molecular weight is 224 g/mol. The third-order valence-corrected chi connectivity index (χ3v) is 6.03. The second kappa shape index (κ2) is 5.10. The van der Waals surface area contributed by atoms with Crippen LogP contribution in [0.2, 0.25) is 0 Å². The molecule has 1 rings (SSSR count). The van der Waals surface area contributed by atoms with E-state index < -0.39 is 0 Å². The molecule has 0 heterocycles. The van der Waals surface area contributed by atoms with E-state index in [0.717, 1.165) is 11.8 Å². The monoisotopic (exact) mass is 224 g/mol. The Morgan fingerprint density at radius 3 is 2.19 bits per heavy atom. The molecular formula is C16H32. The molecule has 0 aromatic heterocycles. The first-order chi connectivity index (χ1) is 7.32. The van der Waals surface area contributed by atoms with E-state index in [-0.39, 0.29) is 0 Å². The van der Waals surface area contributed by atoms with E-state index >= 15 is 0 Å². The molecular weight excluding hydrogens is 192 g/mol. The van der Waals surface area contributed by atoms with Crippen LogP contribution in [0.4, 0.5) is 0 Å². The first-order valence-electron chi connectivity index (χ1n) is 7.32. The fraction of sp³-hybridized carbons (Fsp3) is 1.00. The van der Waals surface area contributed by atoms with Crippen molar-refractivity contribution < 1.29 is 0 Å². The fourth-order valence-corrected chi connectivity index (χ4v) is 3.16. The minimum Gasteiger partial charge on any atom is -0.0649 e. The van der Waals surface area contributed by atoms with Crippen LogP contribution in [0.1, 0.15) is 80.1 Å². The van der Waals surface area contributed by atoms with Crippen molar-refractivity contribution in [3.8, 4) is 0 Å². The Bertz CT molecular complexity index is 216. The highest BCUT2D eigenvalue weighted by atomic mass is 14.4. The van der Waals surface area contributed by atoms with Gasteiger partial charge in [0.05, 0.1) is 0 Å². The second-order valence-corrected chi connectivity index (χ2v) is 7.18. The van der Waals surface area contributed by atoms with Gasteiger partial charge in [-0.15, -0.1) is 0 Å². The minimum absolute atomic E-state index is 0.507. The highest BCUT2D eigenvalue weighted by Crippen LogP contribution is 2.50. The van der Waals surface area contributed by atoms with Crippen molar-refractivity contribution in [1.29, 1.82) is 0 Å². The molecule has 1 aliphatic rings. The molecule has 3 atom stereocenters. The van der Waals surface area contributed by atoms with Crippen LogP contribution in [-0.4, -0.2) is 0 Å². The first kappa shape index (κ1) is 14.1. The smallest absolute Gasteiger partial charge is 0.0275 e. The van der Waals surface area contributed by atoms with Crippen molar-refractivity contribution >= 4 is 0 Å². The summed E-state index contributed by atoms with van der Waals surface area (Å²) in [5.41, 5.74) is 1.07. The lowest BCUT2D eigenvalue weighted by Gasteiger charge is -2.47. The molecule has 0 saturated heterocycles. The van der Waals surface area contributed by atoms with Gasteiger partial charge in [0.15, 0.2) is 0 Å². The van der Waals surface area contributed by atoms with Gasteiger partial charge in [0, 0.05) is 0 Å². The van der Waals surface area contributed by atoms with E-state index in [1.807, 2.05) is 0 Å². The zero-order chi connectivity index (χ0) is 12.4. The maximum atomic E-state index is 2.54. The van der Waals surface area contributed by atoms with Crippen LogP contribution in [0.3, 0.4) is 0 Å². The predicted octanol–water partition coefficient (Wildman–Crippen LogP) is 5.67. The van der Waals surface area contributed by atoms with Crippen LogP contribution < -0.4 is 0 Å². The Hall–Kier alpha value is 0. The molecule has 0 aromatic carbocycles. The first-order valence-corrected chi connectivity index (χ1v) is 7.32. The molecule has 96 valence electrons. The van der Waals surface area contributed by atoms with E-state index in [4.69, 9.17) is 0 Å². The van der Waals surface area contributed by atoms with Gasteiger partial charge in [-0.1, -0.05) is 60.8 Å². The Labute approximate surface area is 103 Å². The summed E-state index contributed by atoms with van der Waals surface area (Å²) in [6.07, 6.45) is 8.49. The lowest BCUT2D eigenvalue weighted by atomic mass is 9.59. The molecule has 1 saturated carbocycles. The highest BCUT2D eigenvalue weighted by molar-refractivity contribution is 4.90. The van der Waals surface area contributed by atoms with Crippen LogP contribution in [0.15, 0.2) is 0 Å². The molecule has 0 aliphatic heterocycles. The van der Waals surface area contributed by atoms with Crippen molar-refractivity contribution in [2.45, 2.75) is 80.1 Å². The van der Waals surface area contributed by atoms with Crippen molar-refractivity contribution in [3.63, 3.8) is 0 Å². The molecule has 16 heavy (non-hydrogen) atoms. The molecule has 0 bridgehead atoms. The van der Waals surface area contributed by atoms with E-state index in [1.165, 1.54) is 38.5 Å². The van der Waals surface area contributed by atoms with Gasteiger partial charge < -0.3 is 0 Å². The van der Waals surface area contributed by atoms with Crippen LogP contribution in [-0.2, 0) is 0 Å². The summed E-state index contributed by atoms with van der Waals surface area (Å²) >= 11 is 0. The summed E-state index contributed by atoms with van der Waals surface area (Å²) in [5, 5.41) is 0. The van der Waals surface area contributed by atoms with Crippen molar-refractivity contribution in [3.05, 3.63) is 0 Å². The van der Waals surface area contributed by atoms with Crippen molar-refractivity contribution in [1.82, 2.24) is 0 Å². The van der Waals surface area contributed by atoms with E-state index in [9.17, 15) is 0 Å². The van der Waals surface area contributed by atoms with Gasteiger partial charge in [-0.2, -0.15) is 0 Å². The normalized spacial score (nSPS) is 37.9. The van der Waals surface area contributed by atoms with Gasteiger partial charge in [0.1, 0.15) is 0 Å². The molecule has 1 aliphatic carbocycles. The van der Waals surface area contributed by atoms with Crippen LogP contribution >= 0.6 is 0 Å². The standard InChI is InChI=1S/C16H32/c1-7-15(4,5)16(6)11-8-9-13(2)14(3)10-12-16/h13-14H,7-12H2,1-6H3. The predicted molar refractivity (Wildman–Crippen MR) is 73.6 cm³/mol. The summed E-state index contributed by atoms with van der Waals surface area (Å²) in [4.78, 5) is 0. The Kier molecular flexibility index (Phi) is 4.49. The quantitative estimate of drug-likeness (QED) is 0.567. The van der Waals surface area contributed by atoms with Gasteiger partial charge in [0.25, 0.3) is 0 Å². The van der Waals surface area contributed by atoms with Crippen LogP contribution in [0.5, 0.6) is 0 Å². The van der Waals surface area contributed by atoms with Crippen LogP contribution in [0, 0.1) is 22.7 Å². The zero-order valence-corrected chi connectivity index (χ0v) is 12.4. The molecule has 0 nitrogen and oxygen atoms in total. The van der Waals surface area contributed by atoms with E-state index in [0.29, 0.717) is 10.8 Å². The van der Waals surface area contributed by atoms with Crippen molar-refractivity contribution in [2.75, 3.05) is 0 Å². The molecule has 0 N–H and O–H groups in total. The van der Waals surface area contributed by atoms with Crippen molar-refractivity contribution in [2.24, 2.45) is 22.7 Å². The maximum Gasteiger partial charge on any atom is -0.0275 e. The lowest BCUT2D eigenvalue weighted by molar-refractivity contribution is 0.0386. The Balaban J connectivity index is 2.74. The lowest BCUT2D eigenvalue weighted by Crippen LogP contribution is -2.36. The maximum absolute atomic E-state index is 2.54. The second-order valence-electron chi connectivity index (χ2n) is 7.18. The number of rotatable bonds is 2. The molecule has 3 unspecified atom stereocenters. The Morgan fingerprint density at radius 2 is 1.62 bits per heavy atom. The van der Waals surface area contributed by atoms with Gasteiger partial charge in [-0.3, -0.25) is 0 Å². The molecule has 1 fully saturated rings. The summed E-state index contributed by atoms with van der Waals surface area (Å²) in [5.74, 6) is 1.86. The van der Waals surface area contributed by atoms with Gasteiger partial charge in [-0.05, 0) is 41.9 Å². The third-order valence-electron chi connectivity index (χ3n) is 6.03. The Morgan fingerprint density at radius 1 is 1.06 bits per heavy atom. The zero-order valence-electron chi connectivity index (χ0n) is 12.4. The fourth-order valence-electron chi connectivity index (χ4n) is 3.16. The largest absolute Gasteiger partial charge is 0.0649 e. The topological polar surface area (TPSA) is 0 Å². The van der Waals surface area contributed by atoms with Gasteiger partial charge in [0.2, 0.25) is 0 Å².